The molecule has 1 aliphatic rings. The number of aromatic amines is 1. The van der Waals surface area contributed by atoms with E-state index in [4.69, 9.17) is 4.74 Å². The molecule has 0 unspecified atom stereocenters. The Morgan fingerprint density at radius 1 is 1.32 bits per heavy atom. The molecule has 0 spiro atoms. The highest BCUT2D eigenvalue weighted by Gasteiger charge is 2.45. The number of fused-ring (bicyclic) bond motifs is 1. The third kappa shape index (κ3) is 3.87. The Labute approximate surface area is 164 Å². The first-order valence-electron chi connectivity index (χ1n) is 9.27. The molecule has 1 aliphatic heterocycles. The lowest BCUT2D eigenvalue weighted by Gasteiger charge is -2.32. The number of nitrogens with one attached hydrogen (secondary N) is 2. The molecule has 8 heteroatoms. The number of carbonyl (C=O) groups excluding carboxylic acids is 2. The van der Waals surface area contributed by atoms with Crippen molar-refractivity contribution in [3.05, 3.63) is 47.2 Å². The molecule has 0 saturated heterocycles. The van der Waals surface area contributed by atoms with Gasteiger partial charge >= 0.3 is 6.09 Å². The highest BCUT2D eigenvalue weighted by atomic mass is 16.6. The second kappa shape index (κ2) is 7.63. The monoisotopic (exact) mass is 385 g/mol. The zero-order valence-corrected chi connectivity index (χ0v) is 16.9. The van der Waals surface area contributed by atoms with Crippen LogP contribution >= 0.6 is 0 Å². The van der Waals surface area contributed by atoms with Crippen molar-refractivity contribution in [1.82, 2.24) is 20.0 Å². The molecule has 3 rings (SSSR count). The molecule has 28 heavy (non-hydrogen) atoms. The van der Waals surface area contributed by atoms with Crippen LogP contribution in [0.2, 0.25) is 0 Å². The number of likely N-dealkylation sites (N-methyl/N-ethyl adjacent to an activating group) is 1. The Morgan fingerprint density at radius 2 is 2.00 bits per heavy atom. The average Bonchev–Trinajstić information content (AvgIpc) is 3.13. The van der Waals surface area contributed by atoms with E-state index in [1.165, 1.54) is 0 Å². The number of H-pyrrole nitrogens is 1. The van der Waals surface area contributed by atoms with Gasteiger partial charge in [0.1, 0.15) is 6.10 Å². The fourth-order valence-corrected chi connectivity index (χ4v) is 3.47. The highest BCUT2D eigenvalue weighted by Crippen LogP contribution is 2.41. The second-order valence-electron chi connectivity index (χ2n) is 7.85. The van der Waals surface area contributed by atoms with Crippen LogP contribution in [0.5, 0.6) is 0 Å². The molecule has 8 nitrogen and oxygen atoms in total. The van der Waals surface area contributed by atoms with Crippen molar-refractivity contribution in [2.75, 3.05) is 26.0 Å². The molecule has 1 aromatic carbocycles. The molecular weight excluding hydrogens is 358 g/mol. The van der Waals surface area contributed by atoms with E-state index in [0.717, 1.165) is 11.3 Å². The van der Waals surface area contributed by atoms with Gasteiger partial charge in [0, 0.05) is 17.7 Å². The predicted octanol–water partition coefficient (Wildman–Crippen LogP) is 2.80. The Balaban J connectivity index is 1.75. The van der Waals surface area contributed by atoms with E-state index >= 15 is 0 Å². The van der Waals surface area contributed by atoms with E-state index in [1.54, 1.807) is 29.2 Å². The number of rotatable bonds is 5. The molecule has 2 amide bonds. The average molecular weight is 385 g/mol. The maximum absolute atomic E-state index is 12.7. The van der Waals surface area contributed by atoms with Gasteiger partial charge in [0.2, 0.25) is 0 Å². The van der Waals surface area contributed by atoms with Gasteiger partial charge in [-0.1, -0.05) is 18.2 Å². The molecule has 0 bridgehead atoms. The Hall–Kier alpha value is -2.87. The van der Waals surface area contributed by atoms with Crippen molar-refractivity contribution in [2.45, 2.75) is 39.0 Å². The molecule has 1 aromatic heterocycles. The number of benzene rings is 1. The summed E-state index contributed by atoms with van der Waals surface area (Å²) in [5.74, 6) is 0.196. The van der Waals surface area contributed by atoms with Crippen LogP contribution in [0, 0.1) is 0 Å². The summed E-state index contributed by atoms with van der Waals surface area (Å²) in [5, 5.41) is 10.1. The molecular formula is C20H27N5O3. The van der Waals surface area contributed by atoms with Crippen LogP contribution < -0.4 is 5.32 Å². The molecule has 0 aliphatic carbocycles. The standard InChI is InChI=1S/C20H27N5O3/c1-13(11-24(4)5)28-19(27)25-12-15-16(20(25,2)3)22-23-17(15)21-18(26)14-9-7-6-8-10-14/h6-10,13H,11-12H2,1-5H3,(H2,21,22,23,26)/t13-/m0/s1. The van der Waals surface area contributed by atoms with Crippen LogP contribution in [0.25, 0.3) is 0 Å². The van der Waals surface area contributed by atoms with Crippen molar-refractivity contribution < 1.29 is 14.3 Å². The summed E-state index contributed by atoms with van der Waals surface area (Å²) < 4.78 is 5.60. The summed E-state index contributed by atoms with van der Waals surface area (Å²) in [6.07, 6.45) is -0.614. The first kappa shape index (κ1) is 19.9. The quantitative estimate of drug-likeness (QED) is 0.826. The minimum atomic E-state index is -0.618. The lowest BCUT2D eigenvalue weighted by molar-refractivity contribution is 0.0330. The number of carbonyl (C=O) groups is 2. The van der Waals surface area contributed by atoms with Crippen LogP contribution in [0.15, 0.2) is 30.3 Å². The number of amides is 2. The summed E-state index contributed by atoms with van der Waals surface area (Å²) in [6, 6.07) is 8.94. The maximum Gasteiger partial charge on any atom is 0.411 e. The fraction of sp³-hybridized carbons (Fsp3) is 0.450. The maximum atomic E-state index is 12.7. The Kier molecular flexibility index (Phi) is 5.42. The lowest BCUT2D eigenvalue weighted by Crippen LogP contribution is -2.43. The van der Waals surface area contributed by atoms with Crippen molar-refractivity contribution in [3.8, 4) is 0 Å². The predicted molar refractivity (Wildman–Crippen MR) is 106 cm³/mol. The summed E-state index contributed by atoms with van der Waals surface area (Å²) in [4.78, 5) is 28.8. The van der Waals surface area contributed by atoms with Gasteiger partial charge in [-0.3, -0.25) is 14.8 Å². The van der Waals surface area contributed by atoms with Gasteiger partial charge in [0.05, 0.1) is 17.8 Å². The lowest BCUT2D eigenvalue weighted by atomic mass is 10.0. The van der Waals surface area contributed by atoms with Crippen LogP contribution in [0.1, 0.15) is 42.4 Å². The first-order chi connectivity index (χ1) is 13.2. The molecule has 150 valence electrons. The Bertz CT molecular complexity index is 860. The number of hydrogen-bond acceptors (Lipinski definition) is 5. The summed E-state index contributed by atoms with van der Waals surface area (Å²) in [6.45, 7) is 6.69. The van der Waals surface area contributed by atoms with Crippen molar-refractivity contribution >= 4 is 17.8 Å². The van der Waals surface area contributed by atoms with Gasteiger partial charge in [-0.2, -0.15) is 5.10 Å². The van der Waals surface area contributed by atoms with E-state index < -0.39 is 5.54 Å². The van der Waals surface area contributed by atoms with Gasteiger partial charge in [0.15, 0.2) is 5.82 Å². The van der Waals surface area contributed by atoms with Gasteiger partial charge < -0.3 is 15.0 Å². The van der Waals surface area contributed by atoms with Crippen LogP contribution in [-0.4, -0.2) is 58.7 Å². The normalized spacial score (nSPS) is 16.0. The molecule has 1 atom stereocenters. The summed E-state index contributed by atoms with van der Waals surface area (Å²) in [5.41, 5.74) is 1.53. The van der Waals surface area contributed by atoms with Crippen LogP contribution in [0.3, 0.4) is 0 Å². The smallest absolute Gasteiger partial charge is 0.411 e. The third-order valence-corrected chi connectivity index (χ3v) is 4.88. The zero-order chi connectivity index (χ0) is 20.5. The summed E-state index contributed by atoms with van der Waals surface area (Å²) in [7, 11) is 3.87. The Morgan fingerprint density at radius 3 is 2.64 bits per heavy atom. The molecule has 2 aromatic rings. The number of aromatic nitrogens is 2. The van der Waals surface area contributed by atoms with Gasteiger partial charge in [-0.25, -0.2) is 4.79 Å². The van der Waals surface area contributed by atoms with E-state index in [9.17, 15) is 9.59 Å². The van der Waals surface area contributed by atoms with E-state index in [-0.39, 0.29) is 18.1 Å². The third-order valence-electron chi connectivity index (χ3n) is 4.88. The number of anilines is 1. The van der Waals surface area contributed by atoms with Gasteiger partial charge in [-0.05, 0) is 47.0 Å². The molecule has 2 heterocycles. The molecule has 0 saturated carbocycles. The topological polar surface area (TPSA) is 90.6 Å². The van der Waals surface area contributed by atoms with Crippen molar-refractivity contribution in [1.29, 1.82) is 0 Å². The highest BCUT2D eigenvalue weighted by molar-refractivity contribution is 6.04. The molecule has 2 N–H and O–H groups in total. The minimum Gasteiger partial charge on any atom is -0.445 e. The van der Waals surface area contributed by atoms with Crippen LogP contribution in [0.4, 0.5) is 10.6 Å². The first-order valence-corrected chi connectivity index (χ1v) is 9.27. The number of hydrogen-bond donors (Lipinski definition) is 2. The van der Waals surface area contributed by atoms with Gasteiger partial charge in [0.25, 0.3) is 5.91 Å². The van der Waals surface area contributed by atoms with E-state index in [1.807, 2.05) is 45.8 Å². The largest absolute Gasteiger partial charge is 0.445 e. The SMILES string of the molecule is C[C@@H](CN(C)C)OC(=O)N1Cc2c(NC(=O)c3ccccc3)n[nH]c2C1(C)C. The molecule has 0 radical (unpaired) electrons. The minimum absolute atomic E-state index is 0.229. The number of ether oxygens (including phenoxy) is 1. The number of nitrogens with zero attached hydrogens (tertiary/aromatic N) is 3. The van der Waals surface area contributed by atoms with Crippen molar-refractivity contribution in [3.63, 3.8) is 0 Å². The summed E-state index contributed by atoms with van der Waals surface area (Å²) >= 11 is 0. The van der Waals surface area contributed by atoms with Crippen LogP contribution in [-0.2, 0) is 16.8 Å². The van der Waals surface area contributed by atoms with E-state index in [0.29, 0.717) is 24.5 Å². The second-order valence-corrected chi connectivity index (χ2v) is 7.85. The zero-order valence-electron chi connectivity index (χ0n) is 16.9. The fourth-order valence-electron chi connectivity index (χ4n) is 3.47. The van der Waals surface area contributed by atoms with E-state index in [2.05, 4.69) is 15.5 Å². The molecule has 0 fully saturated rings. The van der Waals surface area contributed by atoms with Gasteiger partial charge in [-0.15, -0.1) is 0 Å². The van der Waals surface area contributed by atoms with Crippen molar-refractivity contribution in [2.24, 2.45) is 0 Å².